The van der Waals surface area contributed by atoms with Gasteiger partial charge in [0.2, 0.25) is 0 Å². The first-order valence-electron chi connectivity index (χ1n) is 5.22. The van der Waals surface area contributed by atoms with E-state index < -0.39 is 0 Å². The molecule has 0 aromatic heterocycles. The van der Waals surface area contributed by atoms with Crippen molar-refractivity contribution in [3.8, 4) is 0 Å². The van der Waals surface area contributed by atoms with E-state index >= 15 is 0 Å². The second-order valence-corrected chi connectivity index (χ2v) is 3.43. The van der Waals surface area contributed by atoms with Gasteiger partial charge in [-0.2, -0.15) is 0 Å². The minimum Gasteiger partial charge on any atom is -0.0991 e. The van der Waals surface area contributed by atoms with Gasteiger partial charge >= 0.3 is 0 Å². The molecule has 0 nitrogen and oxygen atoms in total. The first-order chi connectivity index (χ1) is 6.26. The van der Waals surface area contributed by atoms with E-state index in [1.165, 1.54) is 24.8 Å². The van der Waals surface area contributed by atoms with Gasteiger partial charge in [-0.15, -0.1) is 0 Å². The Morgan fingerprint density at radius 2 is 2.00 bits per heavy atom. The molecule has 0 aromatic rings. The molecule has 0 saturated carbocycles. The molecule has 0 aliphatic rings. The topological polar surface area (TPSA) is 0 Å². The molecule has 0 rings (SSSR count). The zero-order chi connectivity index (χ0) is 10.1. The van der Waals surface area contributed by atoms with Gasteiger partial charge in [0, 0.05) is 0 Å². The summed E-state index contributed by atoms with van der Waals surface area (Å²) in [6, 6.07) is 0. The van der Waals surface area contributed by atoms with Gasteiger partial charge in [-0.1, -0.05) is 56.7 Å². The molecule has 0 amide bonds. The van der Waals surface area contributed by atoms with Crippen molar-refractivity contribution in [2.45, 2.75) is 40.0 Å². The van der Waals surface area contributed by atoms with Crippen molar-refractivity contribution in [1.82, 2.24) is 0 Å². The van der Waals surface area contributed by atoms with Crippen LogP contribution in [0.15, 0.2) is 36.5 Å². The van der Waals surface area contributed by atoms with Crippen LogP contribution in [0.3, 0.4) is 0 Å². The zero-order valence-electron chi connectivity index (χ0n) is 9.22. The predicted molar refractivity (Wildman–Crippen MR) is 61.8 cm³/mol. The molecule has 0 heterocycles. The third-order valence-electron chi connectivity index (χ3n) is 2.38. The maximum Gasteiger partial charge on any atom is -0.0206 e. The first kappa shape index (κ1) is 12.2. The van der Waals surface area contributed by atoms with Gasteiger partial charge < -0.3 is 0 Å². The molecule has 0 aromatic carbocycles. The Balaban J connectivity index is 4.16. The molecule has 0 aliphatic carbocycles. The lowest BCUT2D eigenvalue weighted by atomic mass is 9.93. The molecule has 74 valence electrons. The quantitative estimate of drug-likeness (QED) is 0.525. The monoisotopic (exact) mass is 178 g/mol. The van der Waals surface area contributed by atoms with E-state index in [4.69, 9.17) is 0 Å². The Morgan fingerprint density at radius 1 is 1.31 bits per heavy atom. The van der Waals surface area contributed by atoms with E-state index in [2.05, 4.69) is 39.5 Å². The Hall–Kier alpha value is -0.780. The fraction of sp³-hybridized carbons (Fsp3) is 0.538. The van der Waals surface area contributed by atoms with Gasteiger partial charge in [0.05, 0.1) is 0 Å². The summed E-state index contributed by atoms with van der Waals surface area (Å²) in [7, 11) is 0. The average Bonchev–Trinajstić information content (AvgIpc) is 2.14. The molecule has 0 fully saturated rings. The van der Waals surface area contributed by atoms with Crippen molar-refractivity contribution < 1.29 is 0 Å². The van der Waals surface area contributed by atoms with Crippen molar-refractivity contribution in [3.63, 3.8) is 0 Å². The molecule has 0 heteroatoms. The van der Waals surface area contributed by atoms with Crippen molar-refractivity contribution in [2.24, 2.45) is 5.92 Å². The highest BCUT2D eigenvalue weighted by Crippen LogP contribution is 2.20. The van der Waals surface area contributed by atoms with Crippen molar-refractivity contribution >= 4 is 0 Å². The average molecular weight is 178 g/mol. The lowest BCUT2D eigenvalue weighted by Crippen LogP contribution is -1.99. The molecule has 1 atom stereocenters. The number of allylic oxidation sites excluding steroid dienone is 5. The molecule has 0 aliphatic heterocycles. The van der Waals surface area contributed by atoms with Gasteiger partial charge in [-0.25, -0.2) is 0 Å². The molecule has 1 unspecified atom stereocenters. The minimum absolute atomic E-state index is 0.763. The molecule has 0 spiro atoms. The SMILES string of the molecule is C=C/C=C\C=C(/C)C(CC)CCC. The summed E-state index contributed by atoms with van der Waals surface area (Å²) in [5.41, 5.74) is 1.49. The fourth-order valence-corrected chi connectivity index (χ4v) is 1.52. The van der Waals surface area contributed by atoms with E-state index in [0.29, 0.717) is 0 Å². The van der Waals surface area contributed by atoms with Crippen molar-refractivity contribution in [1.29, 1.82) is 0 Å². The van der Waals surface area contributed by atoms with Crippen LogP contribution in [0.2, 0.25) is 0 Å². The Kier molecular flexibility index (Phi) is 7.38. The van der Waals surface area contributed by atoms with Crippen LogP contribution in [0.1, 0.15) is 40.0 Å². The summed E-state index contributed by atoms with van der Waals surface area (Å²) in [4.78, 5) is 0. The highest BCUT2D eigenvalue weighted by molar-refractivity contribution is 5.16. The van der Waals surface area contributed by atoms with Crippen LogP contribution in [-0.4, -0.2) is 0 Å². The standard InChI is InChI=1S/C13H22/c1-5-8-9-11-12(4)13(7-3)10-6-2/h5,8-9,11,13H,1,6-7,10H2,2-4H3/b9-8-,12-11+. The highest BCUT2D eigenvalue weighted by Gasteiger charge is 2.05. The first-order valence-corrected chi connectivity index (χ1v) is 5.22. The summed E-state index contributed by atoms with van der Waals surface area (Å²) >= 11 is 0. The normalized spacial score (nSPS) is 14.8. The van der Waals surface area contributed by atoms with Crippen LogP contribution in [0, 0.1) is 5.92 Å². The van der Waals surface area contributed by atoms with Crippen LogP contribution >= 0.6 is 0 Å². The van der Waals surface area contributed by atoms with Crippen LogP contribution in [-0.2, 0) is 0 Å². The fourth-order valence-electron chi connectivity index (χ4n) is 1.52. The maximum absolute atomic E-state index is 3.64. The van der Waals surface area contributed by atoms with E-state index in [1.54, 1.807) is 0 Å². The molecule has 0 bridgehead atoms. The predicted octanol–water partition coefficient (Wildman–Crippen LogP) is 4.50. The highest BCUT2D eigenvalue weighted by atomic mass is 14.1. The lowest BCUT2D eigenvalue weighted by molar-refractivity contribution is 0.534. The summed E-state index contributed by atoms with van der Waals surface area (Å²) in [6.07, 6.45) is 11.9. The Morgan fingerprint density at radius 3 is 2.46 bits per heavy atom. The van der Waals surface area contributed by atoms with Crippen LogP contribution in [0.25, 0.3) is 0 Å². The molecular formula is C13H22. The van der Waals surface area contributed by atoms with E-state index in [-0.39, 0.29) is 0 Å². The molecular weight excluding hydrogens is 156 g/mol. The number of rotatable bonds is 6. The Labute approximate surface area is 83.0 Å². The van der Waals surface area contributed by atoms with E-state index in [9.17, 15) is 0 Å². The van der Waals surface area contributed by atoms with Crippen molar-refractivity contribution in [2.75, 3.05) is 0 Å². The summed E-state index contributed by atoms with van der Waals surface area (Å²) in [6.45, 7) is 10.4. The Bertz CT molecular complexity index is 184. The summed E-state index contributed by atoms with van der Waals surface area (Å²) in [5.74, 6) is 0.763. The largest absolute Gasteiger partial charge is 0.0991 e. The summed E-state index contributed by atoms with van der Waals surface area (Å²) in [5, 5.41) is 0. The third-order valence-corrected chi connectivity index (χ3v) is 2.38. The third kappa shape index (κ3) is 5.46. The van der Waals surface area contributed by atoms with Gasteiger partial charge in [-0.05, 0) is 25.7 Å². The molecule has 13 heavy (non-hydrogen) atoms. The smallest absolute Gasteiger partial charge is 0.0206 e. The lowest BCUT2D eigenvalue weighted by Gasteiger charge is -2.13. The molecule has 0 saturated heterocycles. The molecule has 0 radical (unpaired) electrons. The van der Waals surface area contributed by atoms with Gasteiger partial charge in [0.1, 0.15) is 0 Å². The number of hydrogen-bond donors (Lipinski definition) is 0. The van der Waals surface area contributed by atoms with Crippen molar-refractivity contribution in [3.05, 3.63) is 36.5 Å². The van der Waals surface area contributed by atoms with E-state index in [0.717, 1.165) is 5.92 Å². The van der Waals surface area contributed by atoms with E-state index in [1.807, 2.05) is 12.2 Å². The maximum atomic E-state index is 3.64. The second kappa shape index (κ2) is 7.85. The van der Waals surface area contributed by atoms with Crippen LogP contribution < -0.4 is 0 Å². The zero-order valence-corrected chi connectivity index (χ0v) is 9.22. The van der Waals surface area contributed by atoms with Crippen LogP contribution in [0.4, 0.5) is 0 Å². The summed E-state index contributed by atoms with van der Waals surface area (Å²) < 4.78 is 0. The molecule has 0 N–H and O–H groups in total. The van der Waals surface area contributed by atoms with Gasteiger partial charge in [0.15, 0.2) is 0 Å². The second-order valence-electron chi connectivity index (χ2n) is 3.43. The van der Waals surface area contributed by atoms with Gasteiger partial charge in [0.25, 0.3) is 0 Å². The number of hydrogen-bond acceptors (Lipinski definition) is 0. The van der Waals surface area contributed by atoms with Gasteiger partial charge in [-0.3, -0.25) is 0 Å². The van der Waals surface area contributed by atoms with Crippen LogP contribution in [0.5, 0.6) is 0 Å². The minimum atomic E-state index is 0.763.